The molecule has 3 N–H and O–H groups in total. The van der Waals surface area contributed by atoms with Crippen molar-refractivity contribution in [3.63, 3.8) is 0 Å². The Morgan fingerprint density at radius 1 is 1.38 bits per heavy atom. The van der Waals surface area contributed by atoms with Crippen molar-refractivity contribution < 1.29 is 0 Å². The lowest BCUT2D eigenvalue weighted by Gasteiger charge is -2.30. The second-order valence-corrected chi connectivity index (χ2v) is 5.23. The maximum atomic E-state index is 5.69. The van der Waals surface area contributed by atoms with Gasteiger partial charge in [-0.2, -0.15) is 11.8 Å². The van der Waals surface area contributed by atoms with E-state index in [1.165, 1.54) is 0 Å². The largest absolute Gasteiger partial charge is 0.397 e. The van der Waals surface area contributed by atoms with E-state index in [2.05, 4.69) is 30.4 Å². The Labute approximate surface area is 102 Å². The Kier molecular flexibility index (Phi) is 4.93. The van der Waals surface area contributed by atoms with Crippen LogP contribution in [0.3, 0.4) is 0 Å². The summed E-state index contributed by atoms with van der Waals surface area (Å²) in [4.78, 5) is 4.07. The Morgan fingerprint density at radius 3 is 2.56 bits per heavy atom. The van der Waals surface area contributed by atoms with Gasteiger partial charge in [0.25, 0.3) is 0 Å². The minimum absolute atomic E-state index is 0.310. The predicted molar refractivity (Wildman–Crippen MR) is 74.0 cm³/mol. The first-order valence-electron chi connectivity index (χ1n) is 5.65. The second kappa shape index (κ2) is 5.99. The van der Waals surface area contributed by atoms with Gasteiger partial charge in [0.05, 0.1) is 17.6 Å². The number of nitrogens with two attached hydrogens (primary N) is 1. The van der Waals surface area contributed by atoms with Gasteiger partial charge in [0, 0.05) is 17.5 Å². The van der Waals surface area contributed by atoms with Gasteiger partial charge in [-0.3, -0.25) is 4.98 Å². The maximum absolute atomic E-state index is 5.69. The number of rotatable bonds is 6. The SMILES string of the molecule is CCC(CC)(CNc1cncc(N)c1)SC. The Bertz CT molecular complexity index is 316. The van der Waals surface area contributed by atoms with Crippen LogP contribution in [0.25, 0.3) is 0 Å². The van der Waals surface area contributed by atoms with Crippen molar-refractivity contribution in [2.24, 2.45) is 0 Å². The van der Waals surface area contributed by atoms with Crippen LogP contribution in [0.15, 0.2) is 18.5 Å². The van der Waals surface area contributed by atoms with E-state index in [4.69, 9.17) is 5.73 Å². The van der Waals surface area contributed by atoms with Gasteiger partial charge in [-0.25, -0.2) is 0 Å². The fourth-order valence-corrected chi connectivity index (χ4v) is 2.47. The summed E-state index contributed by atoms with van der Waals surface area (Å²) in [7, 11) is 0. The topological polar surface area (TPSA) is 50.9 Å². The molecular formula is C12H21N3S. The number of nitrogens with one attached hydrogen (secondary N) is 1. The van der Waals surface area contributed by atoms with E-state index < -0.39 is 0 Å². The lowest BCUT2D eigenvalue weighted by molar-refractivity contribution is 0.574. The van der Waals surface area contributed by atoms with Gasteiger partial charge in [-0.15, -0.1) is 0 Å². The molecule has 0 amide bonds. The molecular weight excluding hydrogens is 218 g/mol. The highest BCUT2D eigenvalue weighted by molar-refractivity contribution is 8.00. The molecule has 16 heavy (non-hydrogen) atoms. The van der Waals surface area contributed by atoms with Gasteiger partial charge in [0.2, 0.25) is 0 Å². The molecule has 0 radical (unpaired) electrons. The van der Waals surface area contributed by atoms with E-state index in [1.54, 1.807) is 6.20 Å². The molecule has 1 aromatic heterocycles. The summed E-state index contributed by atoms with van der Waals surface area (Å²) < 4.78 is 0.310. The van der Waals surface area contributed by atoms with Gasteiger partial charge in [-0.1, -0.05) is 13.8 Å². The van der Waals surface area contributed by atoms with Crippen molar-refractivity contribution in [1.82, 2.24) is 4.98 Å². The van der Waals surface area contributed by atoms with E-state index in [1.807, 2.05) is 24.0 Å². The van der Waals surface area contributed by atoms with Gasteiger partial charge < -0.3 is 11.1 Å². The monoisotopic (exact) mass is 239 g/mol. The van der Waals surface area contributed by atoms with Crippen LogP contribution in [-0.4, -0.2) is 22.5 Å². The number of thioether (sulfide) groups is 1. The molecule has 0 aliphatic rings. The summed E-state index contributed by atoms with van der Waals surface area (Å²) in [6, 6.07) is 1.92. The summed E-state index contributed by atoms with van der Waals surface area (Å²) in [5, 5.41) is 3.42. The first kappa shape index (κ1) is 13.2. The molecule has 3 nitrogen and oxygen atoms in total. The first-order chi connectivity index (χ1) is 7.65. The van der Waals surface area contributed by atoms with Crippen LogP contribution < -0.4 is 11.1 Å². The molecule has 0 saturated carbocycles. The third-order valence-corrected chi connectivity index (χ3v) is 4.68. The number of aromatic nitrogens is 1. The zero-order valence-electron chi connectivity index (χ0n) is 10.3. The Morgan fingerprint density at radius 2 is 2.06 bits per heavy atom. The average Bonchev–Trinajstić information content (AvgIpc) is 2.32. The van der Waals surface area contributed by atoms with E-state index in [9.17, 15) is 0 Å². The lowest BCUT2D eigenvalue weighted by Crippen LogP contribution is -2.32. The highest BCUT2D eigenvalue weighted by Gasteiger charge is 2.24. The fourth-order valence-electron chi connectivity index (χ4n) is 1.68. The number of pyridine rings is 1. The maximum Gasteiger partial charge on any atom is 0.0547 e. The van der Waals surface area contributed by atoms with E-state index in [0.29, 0.717) is 10.4 Å². The molecule has 0 aromatic carbocycles. The molecule has 0 atom stereocenters. The standard InChI is InChI=1S/C12H21N3S/c1-4-12(5-2,16-3)9-15-11-6-10(13)7-14-8-11/h6-8,15H,4-5,9,13H2,1-3H3. The van der Waals surface area contributed by atoms with Crippen LogP contribution in [0.4, 0.5) is 11.4 Å². The van der Waals surface area contributed by atoms with Crippen molar-refractivity contribution in [1.29, 1.82) is 0 Å². The average molecular weight is 239 g/mol. The van der Waals surface area contributed by atoms with Crippen molar-refractivity contribution in [3.8, 4) is 0 Å². The molecule has 1 rings (SSSR count). The molecule has 0 spiro atoms. The van der Waals surface area contributed by atoms with Crippen LogP contribution >= 0.6 is 11.8 Å². The minimum atomic E-state index is 0.310. The highest BCUT2D eigenvalue weighted by Crippen LogP contribution is 2.30. The number of nitrogens with zero attached hydrogens (tertiary/aromatic N) is 1. The van der Waals surface area contributed by atoms with Crippen molar-refractivity contribution in [2.75, 3.05) is 23.9 Å². The van der Waals surface area contributed by atoms with Crippen LogP contribution in [-0.2, 0) is 0 Å². The third-order valence-electron chi connectivity index (χ3n) is 3.10. The Hall–Kier alpha value is -0.900. The molecule has 4 heteroatoms. The zero-order chi connectivity index (χ0) is 12.0. The smallest absolute Gasteiger partial charge is 0.0547 e. The lowest BCUT2D eigenvalue weighted by atomic mass is 10.0. The summed E-state index contributed by atoms with van der Waals surface area (Å²) in [6.45, 7) is 5.42. The van der Waals surface area contributed by atoms with Crippen molar-refractivity contribution in [2.45, 2.75) is 31.4 Å². The number of nitrogen functional groups attached to an aromatic ring is 1. The predicted octanol–water partition coefficient (Wildman–Crippen LogP) is 3.00. The molecule has 0 aliphatic heterocycles. The third kappa shape index (κ3) is 3.30. The van der Waals surface area contributed by atoms with Crippen LogP contribution in [0.1, 0.15) is 26.7 Å². The Balaban J connectivity index is 2.62. The van der Waals surface area contributed by atoms with Crippen LogP contribution in [0.5, 0.6) is 0 Å². The normalized spacial score (nSPS) is 11.4. The first-order valence-corrected chi connectivity index (χ1v) is 6.88. The van der Waals surface area contributed by atoms with Gasteiger partial charge in [-0.05, 0) is 25.2 Å². The molecule has 1 aromatic rings. The van der Waals surface area contributed by atoms with Crippen molar-refractivity contribution >= 4 is 23.1 Å². The van der Waals surface area contributed by atoms with Crippen LogP contribution in [0, 0.1) is 0 Å². The number of hydrogen-bond donors (Lipinski definition) is 2. The van der Waals surface area contributed by atoms with E-state index in [0.717, 1.165) is 25.1 Å². The van der Waals surface area contributed by atoms with Crippen LogP contribution in [0.2, 0.25) is 0 Å². The van der Waals surface area contributed by atoms with Gasteiger partial charge >= 0.3 is 0 Å². The second-order valence-electron chi connectivity index (χ2n) is 3.95. The van der Waals surface area contributed by atoms with E-state index in [-0.39, 0.29) is 0 Å². The summed E-state index contributed by atoms with van der Waals surface area (Å²) in [5.41, 5.74) is 7.39. The highest BCUT2D eigenvalue weighted by atomic mass is 32.2. The molecule has 0 saturated heterocycles. The number of anilines is 2. The summed E-state index contributed by atoms with van der Waals surface area (Å²) in [6.07, 6.45) is 7.96. The minimum Gasteiger partial charge on any atom is -0.397 e. The summed E-state index contributed by atoms with van der Waals surface area (Å²) in [5.74, 6) is 0. The molecule has 0 bridgehead atoms. The quantitative estimate of drug-likeness (QED) is 0.801. The molecule has 90 valence electrons. The zero-order valence-corrected chi connectivity index (χ0v) is 11.1. The van der Waals surface area contributed by atoms with Crippen molar-refractivity contribution in [3.05, 3.63) is 18.5 Å². The molecule has 0 unspecified atom stereocenters. The fraction of sp³-hybridized carbons (Fsp3) is 0.583. The molecule has 0 aliphatic carbocycles. The summed E-state index contributed by atoms with van der Waals surface area (Å²) >= 11 is 1.93. The van der Waals surface area contributed by atoms with E-state index >= 15 is 0 Å². The van der Waals surface area contributed by atoms with Gasteiger partial charge in [0.1, 0.15) is 0 Å². The number of hydrogen-bond acceptors (Lipinski definition) is 4. The van der Waals surface area contributed by atoms with Gasteiger partial charge in [0.15, 0.2) is 0 Å². The molecule has 0 fully saturated rings. The molecule has 1 heterocycles.